The van der Waals surface area contributed by atoms with E-state index in [1.807, 2.05) is 0 Å². The maximum absolute atomic E-state index is 10.7. The molecule has 164 valence electrons. The molecular weight excluding hydrogens is 491 g/mol. The van der Waals surface area contributed by atoms with E-state index in [0.29, 0.717) is 19.7 Å². The minimum absolute atomic E-state index is 0. The van der Waals surface area contributed by atoms with Crippen LogP contribution in [-0.4, -0.2) is 77.7 Å². The Morgan fingerprint density at radius 1 is 1.41 bits per heavy atom. The lowest BCUT2D eigenvalue weighted by Gasteiger charge is -2.35. The Balaban J connectivity index is 0.00000300. The molecular formula is C18H31IN6O4. The van der Waals surface area contributed by atoms with Crippen molar-refractivity contribution in [2.24, 2.45) is 4.99 Å². The average molecular weight is 522 g/mol. The van der Waals surface area contributed by atoms with Crippen molar-refractivity contribution in [1.82, 2.24) is 20.0 Å². The zero-order valence-corrected chi connectivity index (χ0v) is 19.2. The van der Waals surface area contributed by atoms with Crippen LogP contribution in [-0.2, 0) is 16.0 Å². The first-order valence-corrected chi connectivity index (χ1v) is 10.0. The second kappa shape index (κ2) is 12.3. The van der Waals surface area contributed by atoms with Crippen LogP contribution in [0.2, 0.25) is 0 Å². The highest BCUT2D eigenvalue weighted by Gasteiger charge is 2.23. The maximum Gasteiger partial charge on any atom is 0.306 e. The lowest BCUT2D eigenvalue weighted by molar-refractivity contribution is -0.385. The fraction of sp³-hybridized carbons (Fsp3) is 0.778. The smallest absolute Gasteiger partial charge is 0.306 e. The highest BCUT2D eigenvalue weighted by molar-refractivity contribution is 14.0. The van der Waals surface area contributed by atoms with Crippen LogP contribution in [0.3, 0.4) is 0 Å². The van der Waals surface area contributed by atoms with Crippen molar-refractivity contribution in [1.29, 1.82) is 0 Å². The van der Waals surface area contributed by atoms with Gasteiger partial charge in [0.05, 0.1) is 30.3 Å². The van der Waals surface area contributed by atoms with Crippen molar-refractivity contribution in [3.05, 3.63) is 22.5 Å². The summed E-state index contributed by atoms with van der Waals surface area (Å²) in [6.45, 7) is 4.48. The minimum atomic E-state index is -0.442. The zero-order chi connectivity index (χ0) is 19.8. The van der Waals surface area contributed by atoms with Crippen LogP contribution < -0.4 is 5.32 Å². The van der Waals surface area contributed by atoms with Gasteiger partial charge in [0, 0.05) is 33.3 Å². The van der Waals surface area contributed by atoms with Gasteiger partial charge >= 0.3 is 5.69 Å². The number of piperidine rings is 1. The standard InChI is InChI=1S/C18H30N6O4.HI/c1-19-18(20-7-10-23-13-15(12-21-23)24(25)26)22-8-5-16(6-9-22)28-14-17-4-2-3-11-27-17;/h12-13,16-17H,2-11,14H2,1H3,(H,19,20);1H. The molecule has 1 aromatic heterocycles. The summed E-state index contributed by atoms with van der Waals surface area (Å²) in [6.07, 6.45) is 8.69. The second-order valence-corrected chi connectivity index (χ2v) is 7.20. The van der Waals surface area contributed by atoms with Crippen LogP contribution in [0.1, 0.15) is 32.1 Å². The molecule has 29 heavy (non-hydrogen) atoms. The van der Waals surface area contributed by atoms with E-state index in [0.717, 1.165) is 51.3 Å². The normalized spacial score (nSPS) is 20.9. The topological polar surface area (TPSA) is 107 Å². The van der Waals surface area contributed by atoms with Crippen LogP contribution >= 0.6 is 24.0 Å². The van der Waals surface area contributed by atoms with E-state index in [1.54, 1.807) is 11.7 Å². The number of guanidine groups is 1. The van der Waals surface area contributed by atoms with Gasteiger partial charge < -0.3 is 19.7 Å². The summed E-state index contributed by atoms with van der Waals surface area (Å²) in [7, 11) is 1.77. The average Bonchev–Trinajstić information content (AvgIpc) is 3.20. The Morgan fingerprint density at radius 3 is 2.83 bits per heavy atom. The van der Waals surface area contributed by atoms with E-state index < -0.39 is 4.92 Å². The molecule has 3 rings (SSSR count). The van der Waals surface area contributed by atoms with Crippen LogP contribution in [0.15, 0.2) is 17.4 Å². The number of nitrogens with zero attached hydrogens (tertiary/aromatic N) is 5. The fourth-order valence-electron chi connectivity index (χ4n) is 3.60. The van der Waals surface area contributed by atoms with Crippen molar-refractivity contribution in [3.8, 4) is 0 Å². The number of halogens is 1. The molecule has 2 fully saturated rings. The predicted octanol–water partition coefficient (Wildman–Crippen LogP) is 2.03. The molecule has 10 nitrogen and oxygen atoms in total. The molecule has 0 radical (unpaired) electrons. The molecule has 1 N–H and O–H groups in total. The van der Waals surface area contributed by atoms with Gasteiger partial charge in [-0.05, 0) is 32.1 Å². The van der Waals surface area contributed by atoms with Crippen molar-refractivity contribution >= 4 is 35.6 Å². The molecule has 0 amide bonds. The molecule has 2 aliphatic heterocycles. The molecule has 0 aromatic carbocycles. The molecule has 2 saturated heterocycles. The molecule has 3 heterocycles. The molecule has 1 aromatic rings. The van der Waals surface area contributed by atoms with Gasteiger partial charge in [0.15, 0.2) is 5.96 Å². The molecule has 0 bridgehead atoms. The molecule has 2 aliphatic rings. The summed E-state index contributed by atoms with van der Waals surface area (Å²) in [5.41, 5.74) is 0.00470. The van der Waals surface area contributed by atoms with Gasteiger partial charge in [-0.25, -0.2) is 0 Å². The SMILES string of the molecule is CN=C(NCCn1cc([N+](=O)[O-])cn1)N1CCC(OCC2CCCCO2)CC1.I. The summed E-state index contributed by atoms with van der Waals surface area (Å²) in [6, 6.07) is 0. The first kappa shape index (κ1) is 23.8. The third-order valence-corrected chi connectivity index (χ3v) is 5.20. The van der Waals surface area contributed by atoms with Crippen LogP contribution in [0.4, 0.5) is 5.69 Å². The summed E-state index contributed by atoms with van der Waals surface area (Å²) >= 11 is 0. The van der Waals surface area contributed by atoms with Gasteiger partial charge in [0.1, 0.15) is 12.4 Å². The molecule has 0 aliphatic carbocycles. The monoisotopic (exact) mass is 522 g/mol. The Labute approximate surface area is 188 Å². The Kier molecular flexibility index (Phi) is 10.1. The molecule has 11 heteroatoms. The number of aromatic nitrogens is 2. The first-order chi connectivity index (χ1) is 13.7. The van der Waals surface area contributed by atoms with E-state index >= 15 is 0 Å². The van der Waals surface area contributed by atoms with Crippen molar-refractivity contribution in [2.75, 3.05) is 39.9 Å². The Bertz CT molecular complexity index is 657. The number of likely N-dealkylation sites (tertiary alicyclic amines) is 1. The number of rotatable bonds is 7. The largest absolute Gasteiger partial charge is 0.376 e. The Hall–Kier alpha value is -1.47. The number of hydrogen-bond acceptors (Lipinski definition) is 6. The van der Waals surface area contributed by atoms with Gasteiger partial charge in [-0.15, -0.1) is 24.0 Å². The van der Waals surface area contributed by atoms with E-state index in [2.05, 4.69) is 20.3 Å². The lowest BCUT2D eigenvalue weighted by Crippen LogP contribution is -2.47. The van der Waals surface area contributed by atoms with Gasteiger partial charge in [-0.2, -0.15) is 5.10 Å². The molecule has 1 unspecified atom stereocenters. The van der Waals surface area contributed by atoms with Gasteiger partial charge in [-0.3, -0.25) is 19.8 Å². The number of nitro groups is 1. The summed E-state index contributed by atoms with van der Waals surface area (Å²) in [5, 5.41) is 18.0. The van der Waals surface area contributed by atoms with Crippen LogP contribution in [0, 0.1) is 10.1 Å². The van der Waals surface area contributed by atoms with Crippen molar-refractivity contribution < 1.29 is 14.4 Å². The highest BCUT2D eigenvalue weighted by atomic mass is 127. The van der Waals surface area contributed by atoms with E-state index in [4.69, 9.17) is 9.47 Å². The molecule has 0 saturated carbocycles. The summed E-state index contributed by atoms with van der Waals surface area (Å²) in [4.78, 5) is 16.8. The number of hydrogen-bond donors (Lipinski definition) is 1. The third-order valence-electron chi connectivity index (χ3n) is 5.20. The van der Waals surface area contributed by atoms with Crippen molar-refractivity contribution in [3.63, 3.8) is 0 Å². The van der Waals surface area contributed by atoms with Crippen LogP contribution in [0.25, 0.3) is 0 Å². The number of ether oxygens (including phenoxy) is 2. The summed E-state index contributed by atoms with van der Waals surface area (Å²) in [5.74, 6) is 0.843. The zero-order valence-electron chi connectivity index (χ0n) is 16.9. The quantitative estimate of drug-likeness (QED) is 0.192. The number of aliphatic imine (C=N–C) groups is 1. The molecule has 0 spiro atoms. The first-order valence-electron chi connectivity index (χ1n) is 10.0. The lowest BCUT2D eigenvalue weighted by atomic mass is 10.1. The predicted molar refractivity (Wildman–Crippen MR) is 120 cm³/mol. The van der Waals surface area contributed by atoms with Crippen molar-refractivity contribution in [2.45, 2.75) is 50.9 Å². The maximum atomic E-state index is 10.7. The van der Waals surface area contributed by atoms with E-state index in [9.17, 15) is 10.1 Å². The molecule has 1 atom stereocenters. The van der Waals surface area contributed by atoms with E-state index in [-0.39, 0.29) is 41.9 Å². The number of nitrogens with one attached hydrogen (secondary N) is 1. The van der Waals surface area contributed by atoms with Gasteiger partial charge in [-0.1, -0.05) is 0 Å². The summed E-state index contributed by atoms with van der Waals surface area (Å²) < 4.78 is 13.4. The second-order valence-electron chi connectivity index (χ2n) is 7.20. The highest BCUT2D eigenvalue weighted by Crippen LogP contribution is 2.18. The fourth-order valence-corrected chi connectivity index (χ4v) is 3.60. The van der Waals surface area contributed by atoms with Crippen LogP contribution in [0.5, 0.6) is 0 Å². The third kappa shape index (κ3) is 7.37. The van der Waals surface area contributed by atoms with Gasteiger partial charge in [0.2, 0.25) is 0 Å². The van der Waals surface area contributed by atoms with E-state index in [1.165, 1.54) is 18.8 Å². The minimum Gasteiger partial charge on any atom is -0.376 e. The Morgan fingerprint density at radius 2 is 2.21 bits per heavy atom. The van der Waals surface area contributed by atoms with Gasteiger partial charge in [0.25, 0.3) is 0 Å².